The molecule has 7 nitrogen and oxygen atoms in total. The first-order valence-corrected chi connectivity index (χ1v) is 6.33. The van der Waals surface area contributed by atoms with Gasteiger partial charge in [0.05, 0.1) is 19.3 Å². The summed E-state index contributed by atoms with van der Waals surface area (Å²) < 4.78 is 7.08. The molecule has 0 spiro atoms. The minimum Gasteiger partial charge on any atom is -0.492 e. The van der Waals surface area contributed by atoms with Gasteiger partial charge in [-0.25, -0.2) is 0 Å². The van der Waals surface area contributed by atoms with Crippen LogP contribution in [-0.2, 0) is 11.3 Å². The van der Waals surface area contributed by atoms with E-state index in [0.717, 1.165) is 5.75 Å². The minimum absolute atomic E-state index is 0.0404. The molecule has 0 atom stereocenters. The second-order valence-electron chi connectivity index (χ2n) is 4.18. The van der Waals surface area contributed by atoms with Gasteiger partial charge in [0.25, 0.3) is 0 Å². The fourth-order valence-corrected chi connectivity index (χ4v) is 1.58. The van der Waals surface area contributed by atoms with Crippen molar-refractivity contribution in [2.45, 2.75) is 13.0 Å². The molecule has 0 radical (unpaired) electrons. The summed E-state index contributed by atoms with van der Waals surface area (Å²) in [6.07, 6.45) is 3.67. The van der Waals surface area contributed by atoms with Crippen molar-refractivity contribution >= 4 is 11.6 Å². The van der Waals surface area contributed by atoms with Crippen LogP contribution in [0, 0.1) is 0 Å². The normalized spacial score (nSPS) is 10.2. The summed E-state index contributed by atoms with van der Waals surface area (Å²) in [5.74, 6) is 0.692. The fraction of sp³-hybridized carbons (Fsp3) is 0.308. The summed E-state index contributed by atoms with van der Waals surface area (Å²) in [7, 11) is 0. The number of anilines is 1. The predicted molar refractivity (Wildman–Crippen MR) is 74.0 cm³/mol. The van der Waals surface area contributed by atoms with E-state index >= 15 is 0 Å². The highest BCUT2D eigenvalue weighted by Gasteiger charge is 2.02. The molecule has 0 aliphatic rings. The van der Waals surface area contributed by atoms with Crippen molar-refractivity contribution in [3.63, 3.8) is 0 Å². The number of nitrogens with zero attached hydrogens (tertiary/aromatic N) is 3. The standard InChI is InChI=1S/C13H17N5O2/c14-11-1-3-12(4-2-11)20-10-7-15-13(19)5-8-18-9-6-16-17-18/h1-4,6,9H,5,7-8,10,14H2,(H,15,19). The van der Waals surface area contributed by atoms with E-state index in [4.69, 9.17) is 10.5 Å². The average Bonchev–Trinajstić information content (AvgIpc) is 2.96. The molecule has 1 aromatic carbocycles. The Balaban J connectivity index is 1.58. The highest BCUT2D eigenvalue weighted by Crippen LogP contribution is 2.12. The van der Waals surface area contributed by atoms with Crippen LogP contribution in [0.15, 0.2) is 36.7 Å². The molecule has 1 aromatic heterocycles. The molecule has 0 unspecified atom stereocenters. The summed E-state index contributed by atoms with van der Waals surface area (Å²) in [5, 5.41) is 10.2. The first kappa shape index (κ1) is 13.9. The van der Waals surface area contributed by atoms with Crippen molar-refractivity contribution in [1.29, 1.82) is 0 Å². The third kappa shape index (κ3) is 4.60. The Morgan fingerprint density at radius 1 is 1.35 bits per heavy atom. The molecule has 0 saturated heterocycles. The van der Waals surface area contributed by atoms with E-state index in [2.05, 4.69) is 15.6 Å². The maximum Gasteiger partial charge on any atom is 0.221 e. The number of hydrogen-bond donors (Lipinski definition) is 2. The number of hydrogen-bond acceptors (Lipinski definition) is 5. The second kappa shape index (κ2) is 7.13. The number of carbonyl (C=O) groups is 1. The molecule has 7 heteroatoms. The smallest absolute Gasteiger partial charge is 0.221 e. The Morgan fingerprint density at radius 3 is 2.85 bits per heavy atom. The molecule has 0 saturated carbocycles. The molecule has 20 heavy (non-hydrogen) atoms. The SMILES string of the molecule is Nc1ccc(OCCNC(=O)CCn2ccnn2)cc1. The zero-order chi connectivity index (χ0) is 14.2. The fourth-order valence-electron chi connectivity index (χ4n) is 1.58. The topological polar surface area (TPSA) is 95.1 Å². The molecule has 2 rings (SSSR count). The van der Waals surface area contributed by atoms with Crippen LogP contribution in [0.3, 0.4) is 0 Å². The molecule has 106 valence electrons. The van der Waals surface area contributed by atoms with Gasteiger partial charge >= 0.3 is 0 Å². The van der Waals surface area contributed by atoms with E-state index in [9.17, 15) is 4.79 Å². The van der Waals surface area contributed by atoms with Gasteiger partial charge in [0, 0.05) is 18.3 Å². The zero-order valence-corrected chi connectivity index (χ0v) is 11.0. The average molecular weight is 275 g/mol. The molecular weight excluding hydrogens is 258 g/mol. The highest BCUT2D eigenvalue weighted by molar-refractivity contribution is 5.75. The Morgan fingerprint density at radius 2 is 2.15 bits per heavy atom. The first-order valence-electron chi connectivity index (χ1n) is 6.33. The summed E-state index contributed by atoms with van der Waals surface area (Å²) in [6.45, 7) is 1.39. The Bertz CT molecular complexity index is 524. The van der Waals surface area contributed by atoms with Crippen molar-refractivity contribution < 1.29 is 9.53 Å². The lowest BCUT2D eigenvalue weighted by molar-refractivity contribution is -0.121. The van der Waals surface area contributed by atoms with E-state index in [1.165, 1.54) is 0 Å². The summed E-state index contributed by atoms with van der Waals surface area (Å²) in [5.41, 5.74) is 6.26. The van der Waals surface area contributed by atoms with Crippen LogP contribution in [0.5, 0.6) is 5.75 Å². The molecule has 2 aromatic rings. The van der Waals surface area contributed by atoms with Gasteiger partial charge in [0.2, 0.25) is 5.91 Å². The van der Waals surface area contributed by atoms with Crippen molar-refractivity contribution in [2.75, 3.05) is 18.9 Å². The quantitative estimate of drug-likeness (QED) is 0.565. The van der Waals surface area contributed by atoms with Crippen molar-refractivity contribution in [2.24, 2.45) is 0 Å². The third-order valence-electron chi connectivity index (χ3n) is 2.61. The number of amides is 1. The molecule has 0 aliphatic heterocycles. The van der Waals surface area contributed by atoms with Gasteiger partial charge in [-0.1, -0.05) is 5.21 Å². The number of nitrogen functional groups attached to an aromatic ring is 1. The molecule has 0 aliphatic carbocycles. The number of nitrogens with one attached hydrogen (secondary N) is 1. The largest absolute Gasteiger partial charge is 0.492 e. The minimum atomic E-state index is -0.0404. The van der Waals surface area contributed by atoms with E-state index in [-0.39, 0.29) is 5.91 Å². The maximum atomic E-state index is 11.5. The van der Waals surface area contributed by atoms with Crippen LogP contribution in [0.25, 0.3) is 0 Å². The monoisotopic (exact) mass is 275 g/mol. The molecular formula is C13H17N5O2. The molecule has 0 fully saturated rings. The van der Waals surface area contributed by atoms with Gasteiger partial charge in [0.1, 0.15) is 12.4 Å². The summed E-state index contributed by atoms with van der Waals surface area (Å²) in [6, 6.07) is 7.13. The van der Waals surface area contributed by atoms with Crippen LogP contribution in [0.4, 0.5) is 5.69 Å². The lowest BCUT2D eigenvalue weighted by atomic mass is 10.3. The molecule has 1 heterocycles. The maximum absolute atomic E-state index is 11.5. The number of ether oxygens (including phenoxy) is 1. The lowest BCUT2D eigenvalue weighted by Gasteiger charge is -2.08. The number of carbonyl (C=O) groups excluding carboxylic acids is 1. The summed E-state index contributed by atoms with van der Waals surface area (Å²) in [4.78, 5) is 11.5. The van der Waals surface area contributed by atoms with Gasteiger partial charge in [0.15, 0.2) is 0 Å². The Labute approximate surface area is 116 Å². The molecule has 1 amide bonds. The van der Waals surface area contributed by atoms with Gasteiger partial charge in [-0.2, -0.15) is 0 Å². The molecule has 3 N–H and O–H groups in total. The lowest BCUT2D eigenvalue weighted by Crippen LogP contribution is -2.28. The van der Waals surface area contributed by atoms with Crippen LogP contribution >= 0.6 is 0 Å². The van der Waals surface area contributed by atoms with E-state index < -0.39 is 0 Å². The van der Waals surface area contributed by atoms with Crippen molar-refractivity contribution in [3.8, 4) is 5.75 Å². The predicted octanol–water partition coefficient (Wildman–Crippen LogP) is 0.446. The number of rotatable bonds is 7. The van der Waals surface area contributed by atoms with Crippen LogP contribution in [0.2, 0.25) is 0 Å². The number of aromatic nitrogens is 3. The number of aryl methyl sites for hydroxylation is 1. The van der Waals surface area contributed by atoms with Gasteiger partial charge in [-0.15, -0.1) is 5.10 Å². The van der Waals surface area contributed by atoms with Crippen molar-refractivity contribution in [1.82, 2.24) is 20.3 Å². The van der Waals surface area contributed by atoms with Gasteiger partial charge in [-0.3, -0.25) is 9.48 Å². The Kier molecular flexibility index (Phi) is 4.94. The van der Waals surface area contributed by atoms with Crippen molar-refractivity contribution in [3.05, 3.63) is 36.7 Å². The van der Waals surface area contributed by atoms with E-state index in [1.54, 1.807) is 41.3 Å². The molecule has 0 bridgehead atoms. The second-order valence-corrected chi connectivity index (χ2v) is 4.18. The zero-order valence-electron chi connectivity index (χ0n) is 11.0. The van der Waals surface area contributed by atoms with Crippen LogP contribution < -0.4 is 15.8 Å². The highest BCUT2D eigenvalue weighted by atomic mass is 16.5. The number of benzene rings is 1. The van der Waals surface area contributed by atoms with Crippen LogP contribution in [-0.4, -0.2) is 34.1 Å². The van der Waals surface area contributed by atoms with Gasteiger partial charge < -0.3 is 15.8 Å². The number of nitrogens with two attached hydrogens (primary N) is 1. The van der Waals surface area contributed by atoms with E-state index in [1.807, 2.05) is 0 Å². The first-order chi connectivity index (χ1) is 9.74. The third-order valence-corrected chi connectivity index (χ3v) is 2.61. The van der Waals surface area contributed by atoms with Crippen LogP contribution in [0.1, 0.15) is 6.42 Å². The Hall–Kier alpha value is -2.57. The summed E-state index contributed by atoms with van der Waals surface area (Å²) >= 11 is 0. The van der Waals surface area contributed by atoms with Gasteiger partial charge in [-0.05, 0) is 24.3 Å². The van der Waals surface area contributed by atoms with E-state index in [0.29, 0.717) is 31.8 Å².